The minimum absolute atomic E-state index is 0.819. The highest BCUT2D eigenvalue weighted by Crippen LogP contribution is 2.21. The van der Waals surface area contributed by atoms with E-state index in [9.17, 15) is 0 Å². The number of furan rings is 1. The zero-order chi connectivity index (χ0) is 11.9. The molecule has 0 radical (unpaired) electrons. The second-order valence-corrected chi connectivity index (χ2v) is 5.18. The SMILES string of the molecule is CC(CCNCc1ccoc1)C1CCCNC1. The van der Waals surface area contributed by atoms with E-state index in [0.29, 0.717) is 0 Å². The van der Waals surface area contributed by atoms with Gasteiger partial charge < -0.3 is 15.1 Å². The van der Waals surface area contributed by atoms with E-state index in [-0.39, 0.29) is 0 Å². The zero-order valence-electron chi connectivity index (χ0n) is 10.7. The van der Waals surface area contributed by atoms with Gasteiger partial charge in [-0.2, -0.15) is 0 Å². The lowest BCUT2D eigenvalue weighted by atomic mass is 9.85. The molecule has 0 bridgehead atoms. The standard InChI is InChI=1S/C14H24N2O/c1-12(14-3-2-6-15-10-14)4-7-16-9-13-5-8-17-11-13/h5,8,11-12,14-16H,2-4,6-7,9-10H2,1H3. The first kappa shape index (κ1) is 12.7. The highest BCUT2D eigenvalue weighted by molar-refractivity contribution is 5.04. The van der Waals surface area contributed by atoms with Crippen molar-refractivity contribution in [1.29, 1.82) is 0 Å². The summed E-state index contributed by atoms with van der Waals surface area (Å²) in [5, 5.41) is 6.97. The topological polar surface area (TPSA) is 37.2 Å². The molecule has 3 nitrogen and oxygen atoms in total. The summed E-state index contributed by atoms with van der Waals surface area (Å²) < 4.78 is 5.04. The Morgan fingerprint density at radius 1 is 1.59 bits per heavy atom. The largest absolute Gasteiger partial charge is 0.472 e. The van der Waals surface area contributed by atoms with Gasteiger partial charge in [-0.15, -0.1) is 0 Å². The molecule has 0 aliphatic carbocycles. The van der Waals surface area contributed by atoms with Gasteiger partial charge >= 0.3 is 0 Å². The summed E-state index contributed by atoms with van der Waals surface area (Å²) in [7, 11) is 0. The van der Waals surface area contributed by atoms with Crippen molar-refractivity contribution in [1.82, 2.24) is 10.6 Å². The van der Waals surface area contributed by atoms with Crippen LogP contribution in [-0.4, -0.2) is 19.6 Å². The molecule has 2 atom stereocenters. The third kappa shape index (κ3) is 4.17. The molecule has 0 aromatic carbocycles. The molecule has 1 aromatic rings. The molecule has 1 aromatic heterocycles. The van der Waals surface area contributed by atoms with Crippen molar-refractivity contribution in [3.63, 3.8) is 0 Å². The van der Waals surface area contributed by atoms with E-state index >= 15 is 0 Å². The number of hydrogen-bond acceptors (Lipinski definition) is 3. The number of nitrogens with one attached hydrogen (secondary N) is 2. The van der Waals surface area contributed by atoms with Gasteiger partial charge in [-0.05, 0) is 56.8 Å². The molecule has 3 heteroatoms. The van der Waals surface area contributed by atoms with Crippen LogP contribution in [0, 0.1) is 11.8 Å². The monoisotopic (exact) mass is 236 g/mol. The summed E-state index contributed by atoms with van der Waals surface area (Å²) in [5.74, 6) is 1.69. The van der Waals surface area contributed by atoms with Crippen molar-refractivity contribution in [3.05, 3.63) is 24.2 Å². The van der Waals surface area contributed by atoms with Gasteiger partial charge in [-0.1, -0.05) is 6.92 Å². The van der Waals surface area contributed by atoms with E-state index in [2.05, 4.69) is 17.6 Å². The summed E-state index contributed by atoms with van der Waals surface area (Å²) in [4.78, 5) is 0. The average molecular weight is 236 g/mol. The van der Waals surface area contributed by atoms with Crippen LogP contribution < -0.4 is 10.6 Å². The number of piperidine rings is 1. The van der Waals surface area contributed by atoms with E-state index in [4.69, 9.17) is 4.42 Å². The first-order valence-electron chi connectivity index (χ1n) is 6.79. The molecule has 1 aliphatic heterocycles. The van der Waals surface area contributed by atoms with Crippen molar-refractivity contribution in [2.45, 2.75) is 32.7 Å². The molecule has 17 heavy (non-hydrogen) atoms. The van der Waals surface area contributed by atoms with Crippen LogP contribution in [0.15, 0.2) is 23.0 Å². The van der Waals surface area contributed by atoms with Gasteiger partial charge in [0.2, 0.25) is 0 Å². The van der Waals surface area contributed by atoms with E-state index in [1.54, 1.807) is 6.26 Å². The average Bonchev–Trinajstić information content (AvgIpc) is 2.88. The number of hydrogen-bond donors (Lipinski definition) is 2. The fraction of sp³-hybridized carbons (Fsp3) is 0.714. The third-order valence-corrected chi connectivity index (χ3v) is 3.83. The molecule has 2 unspecified atom stereocenters. The van der Waals surface area contributed by atoms with Crippen LogP contribution in [0.3, 0.4) is 0 Å². The Labute approximate surface area is 104 Å². The fourth-order valence-electron chi connectivity index (χ4n) is 2.56. The molecule has 96 valence electrons. The Kier molecular flexibility index (Phi) is 5.08. The second-order valence-electron chi connectivity index (χ2n) is 5.18. The Morgan fingerprint density at radius 3 is 3.24 bits per heavy atom. The zero-order valence-corrected chi connectivity index (χ0v) is 10.7. The van der Waals surface area contributed by atoms with E-state index < -0.39 is 0 Å². The second kappa shape index (κ2) is 6.82. The van der Waals surface area contributed by atoms with Crippen LogP contribution in [0.25, 0.3) is 0 Å². The van der Waals surface area contributed by atoms with Crippen LogP contribution in [0.2, 0.25) is 0 Å². The molecule has 0 spiro atoms. The summed E-state index contributed by atoms with van der Waals surface area (Å²) in [5.41, 5.74) is 1.23. The van der Waals surface area contributed by atoms with Gasteiger partial charge in [0.15, 0.2) is 0 Å². The van der Waals surface area contributed by atoms with E-state index in [0.717, 1.165) is 24.9 Å². The molecule has 0 saturated carbocycles. The van der Waals surface area contributed by atoms with Crippen LogP contribution in [0.5, 0.6) is 0 Å². The minimum atomic E-state index is 0.819. The summed E-state index contributed by atoms with van der Waals surface area (Å²) >= 11 is 0. The van der Waals surface area contributed by atoms with Crippen LogP contribution in [-0.2, 0) is 6.54 Å². The maximum atomic E-state index is 5.04. The summed E-state index contributed by atoms with van der Waals surface area (Å²) in [6, 6.07) is 2.02. The summed E-state index contributed by atoms with van der Waals surface area (Å²) in [6.07, 6.45) is 7.55. The minimum Gasteiger partial charge on any atom is -0.472 e. The Hall–Kier alpha value is -0.800. The quantitative estimate of drug-likeness (QED) is 0.745. The molecule has 2 rings (SSSR count). The lowest BCUT2D eigenvalue weighted by molar-refractivity contribution is 0.266. The van der Waals surface area contributed by atoms with Crippen molar-refractivity contribution in [2.24, 2.45) is 11.8 Å². The molecule has 1 saturated heterocycles. The molecular formula is C14H24N2O. The maximum Gasteiger partial charge on any atom is 0.0947 e. The van der Waals surface area contributed by atoms with E-state index in [1.165, 1.54) is 37.9 Å². The maximum absolute atomic E-state index is 5.04. The van der Waals surface area contributed by atoms with Gasteiger partial charge in [0.1, 0.15) is 0 Å². The molecule has 1 aliphatic rings. The Balaban J connectivity index is 1.57. The van der Waals surface area contributed by atoms with Crippen molar-refractivity contribution in [3.8, 4) is 0 Å². The van der Waals surface area contributed by atoms with Crippen molar-refractivity contribution >= 4 is 0 Å². The lowest BCUT2D eigenvalue weighted by Gasteiger charge is -2.28. The third-order valence-electron chi connectivity index (χ3n) is 3.83. The Morgan fingerprint density at radius 2 is 2.53 bits per heavy atom. The first-order chi connectivity index (χ1) is 8.36. The van der Waals surface area contributed by atoms with Gasteiger partial charge in [0, 0.05) is 12.1 Å². The Bertz CT molecular complexity index is 291. The fourth-order valence-corrected chi connectivity index (χ4v) is 2.56. The van der Waals surface area contributed by atoms with Gasteiger partial charge in [-0.25, -0.2) is 0 Å². The molecule has 2 N–H and O–H groups in total. The molecule has 2 heterocycles. The van der Waals surface area contributed by atoms with Crippen LogP contribution >= 0.6 is 0 Å². The molecule has 0 amide bonds. The van der Waals surface area contributed by atoms with Gasteiger partial charge in [0.25, 0.3) is 0 Å². The normalized spacial score (nSPS) is 22.5. The predicted octanol–water partition coefficient (Wildman–Crippen LogP) is 2.40. The van der Waals surface area contributed by atoms with Gasteiger partial charge in [-0.3, -0.25) is 0 Å². The van der Waals surface area contributed by atoms with Crippen LogP contribution in [0.4, 0.5) is 0 Å². The smallest absolute Gasteiger partial charge is 0.0947 e. The van der Waals surface area contributed by atoms with Crippen LogP contribution in [0.1, 0.15) is 31.7 Å². The highest BCUT2D eigenvalue weighted by Gasteiger charge is 2.18. The first-order valence-corrected chi connectivity index (χ1v) is 6.79. The van der Waals surface area contributed by atoms with Crippen molar-refractivity contribution < 1.29 is 4.42 Å². The lowest BCUT2D eigenvalue weighted by Crippen LogP contribution is -2.34. The highest BCUT2D eigenvalue weighted by atomic mass is 16.3. The van der Waals surface area contributed by atoms with Crippen molar-refractivity contribution in [2.75, 3.05) is 19.6 Å². The molecular weight excluding hydrogens is 212 g/mol. The predicted molar refractivity (Wildman–Crippen MR) is 69.8 cm³/mol. The van der Waals surface area contributed by atoms with E-state index in [1.807, 2.05) is 12.3 Å². The number of rotatable bonds is 6. The summed E-state index contributed by atoms with van der Waals surface area (Å²) in [6.45, 7) is 6.83. The van der Waals surface area contributed by atoms with Gasteiger partial charge in [0.05, 0.1) is 12.5 Å². The molecule has 1 fully saturated rings.